The highest BCUT2D eigenvalue weighted by Gasteiger charge is 2.30. The molecule has 0 atom stereocenters. The first-order chi connectivity index (χ1) is 17.9. The number of aromatic nitrogens is 4. The summed E-state index contributed by atoms with van der Waals surface area (Å²) < 4.78 is 69.3. The molecule has 0 bridgehead atoms. The molecule has 12 heteroatoms. The lowest BCUT2D eigenvalue weighted by Crippen LogP contribution is -2.05. The van der Waals surface area contributed by atoms with Gasteiger partial charge in [0, 0.05) is 23.9 Å². The van der Waals surface area contributed by atoms with Crippen LogP contribution in [0.3, 0.4) is 0 Å². The number of benzene rings is 3. The average molecular weight is 542 g/mol. The van der Waals surface area contributed by atoms with E-state index in [1.165, 1.54) is 30.6 Å². The zero-order valence-electron chi connectivity index (χ0n) is 20.2. The van der Waals surface area contributed by atoms with Crippen molar-refractivity contribution in [2.24, 2.45) is 7.05 Å². The van der Waals surface area contributed by atoms with E-state index < -0.39 is 21.9 Å². The van der Waals surface area contributed by atoms with Crippen LogP contribution in [0, 0.1) is 6.92 Å². The maximum absolute atomic E-state index is 12.7. The van der Waals surface area contributed by atoms with Crippen LogP contribution >= 0.6 is 0 Å². The monoisotopic (exact) mass is 541 g/mol. The van der Waals surface area contributed by atoms with Gasteiger partial charge in [0.15, 0.2) is 0 Å². The van der Waals surface area contributed by atoms with Crippen LogP contribution in [0.15, 0.2) is 90.3 Å². The number of hydrogen-bond acceptors (Lipinski definition) is 6. The molecule has 2 N–H and O–H groups in total. The van der Waals surface area contributed by atoms with Gasteiger partial charge in [-0.05, 0) is 55.5 Å². The van der Waals surface area contributed by atoms with Crippen LogP contribution in [0.2, 0.25) is 0 Å². The summed E-state index contributed by atoms with van der Waals surface area (Å²) in [5.41, 5.74) is 4.10. The Hall–Kier alpha value is -4.29. The van der Waals surface area contributed by atoms with Crippen LogP contribution < -0.4 is 5.32 Å². The summed E-state index contributed by atoms with van der Waals surface area (Å²) in [6.07, 6.45) is -1.18. The van der Waals surface area contributed by atoms with E-state index in [-0.39, 0.29) is 4.90 Å². The fourth-order valence-corrected chi connectivity index (χ4v) is 4.12. The van der Waals surface area contributed by atoms with Crippen molar-refractivity contribution in [1.29, 1.82) is 0 Å². The summed E-state index contributed by atoms with van der Waals surface area (Å²) in [7, 11) is -2.08. The van der Waals surface area contributed by atoms with Gasteiger partial charge in [0.05, 0.1) is 33.5 Å². The van der Waals surface area contributed by atoms with Crippen LogP contribution in [-0.2, 0) is 23.3 Å². The molecule has 5 aromatic rings. The zero-order chi connectivity index (χ0) is 27.5. The molecule has 2 aromatic heterocycles. The first-order valence-corrected chi connectivity index (χ1v) is 12.6. The van der Waals surface area contributed by atoms with Crippen molar-refractivity contribution in [1.82, 2.24) is 19.5 Å². The molecule has 0 unspecified atom stereocenters. The van der Waals surface area contributed by atoms with Gasteiger partial charge in [0.2, 0.25) is 0 Å². The SMILES string of the molecule is Cc1c(Nc2ccc(C(F)(F)F)cc2)ncnc1-c1ccc2c(c1)ncn2C.O=S(=O)(O)c1ccccc1. The minimum Gasteiger partial charge on any atom is -0.340 e. The van der Waals surface area contributed by atoms with Crippen molar-refractivity contribution in [3.05, 3.63) is 96.6 Å². The number of halogens is 3. The Morgan fingerprint density at radius 1 is 0.921 bits per heavy atom. The lowest BCUT2D eigenvalue weighted by molar-refractivity contribution is -0.137. The van der Waals surface area contributed by atoms with Crippen LogP contribution in [0.25, 0.3) is 22.3 Å². The van der Waals surface area contributed by atoms with Crippen LogP contribution in [0.4, 0.5) is 24.7 Å². The summed E-state index contributed by atoms with van der Waals surface area (Å²) in [5, 5.41) is 3.06. The van der Waals surface area contributed by atoms with E-state index >= 15 is 0 Å². The predicted molar refractivity (Wildman–Crippen MR) is 137 cm³/mol. The number of imidazole rings is 1. The van der Waals surface area contributed by atoms with Gasteiger partial charge in [0.1, 0.15) is 12.1 Å². The normalized spacial score (nSPS) is 11.6. The number of anilines is 2. The van der Waals surface area contributed by atoms with E-state index in [0.717, 1.165) is 40.0 Å². The molecular formula is C26H22F3N5O3S. The first kappa shape index (κ1) is 26.8. The van der Waals surface area contributed by atoms with Crippen molar-refractivity contribution in [3.8, 4) is 11.3 Å². The van der Waals surface area contributed by atoms with E-state index in [4.69, 9.17) is 4.55 Å². The Bertz CT molecular complexity index is 1670. The van der Waals surface area contributed by atoms with Gasteiger partial charge in [-0.1, -0.05) is 24.3 Å². The van der Waals surface area contributed by atoms with Gasteiger partial charge < -0.3 is 9.88 Å². The standard InChI is InChI=1S/C20H16F3N5.C6H6O3S/c1-12-18(13-3-8-17-16(9-13)26-11-28(17)2)24-10-25-19(12)27-15-6-4-14(5-7-15)20(21,22)23;7-10(8,9)6-4-2-1-3-5-6/h3-11H,1-2H3,(H,24,25,27);1-5H,(H,7,8,9). The molecule has 8 nitrogen and oxygen atoms in total. The largest absolute Gasteiger partial charge is 0.416 e. The molecule has 3 aromatic carbocycles. The summed E-state index contributed by atoms with van der Waals surface area (Å²) >= 11 is 0. The number of alkyl halides is 3. The van der Waals surface area contributed by atoms with Crippen LogP contribution in [-0.4, -0.2) is 32.5 Å². The minimum absolute atomic E-state index is 0.0741. The second kappa shape index (κ2) is 10.6. The summed E-state index contributed by atoms with van der Waals surface area (Å²) in [6.45, 7) is 1.87. The van der Waals surface area contributed by atoms with Gasteiger partial charge in [0.25, 0.3) is 10.1 Å². The van der Waals surface area contributed by atoms with Gasteiger partial charge in [-0.2, -0.15) is 21.6 Å². The summed E-state index contributed by atoms with van der Waals surface area (Å²) in [6, 6.07) is 18.1. The van der Waals surface area contributed by atoms with Crippen molar-refractivity contribution >= 4 is 32.7 Å². The second-order valence-corrected chi connectivity index (χ2v) is 9.66. The molecule has 5 rings (SSSR count). The van der Waals surface area contributed by atoms with E-state index in [0.29, 0.717) is 11.5 Å². The molecule has 0 aliphatic carbocycles. The highest BCUT2D eigenvalue weighted by molar-refractivity contribution is 7.85. The third-order valence-corrected chi connectivity index (χ3v) is 6.47. The molecular weight excluding hydrogens is 519 g/mol. The maximum Gasteiger partial charge on any atom is 0.416 e. The van der Waals surface area contributed by atoms with Crippen molar-refractivity contribution in [2.45, 2.75) is 18.0 Å². The topological polar surface area (TPSA) is 110 Å². The zero-order valence-corrected chi connectivity index (χ0v) is 21.0. The van der Waals surface area contributed by atoms with Gasteiger partial charge in [-0.15, -0.1) is 0 Å². The molecule has 0 spiro atoms. The van der Waals surface area contributed by atoms with Gasteiger partial charge >= 0.3 is 6.18 Å². The Morgan fingerprint density at radius 2 is 1.61 bits per heavy atom. The Balaban J connectivity index is 0.000000283. The van der Waals surface area contributed by atoms with E-state index in [1.807, 2.05) is 36.7 Å². The smallest absolute Gasteiger partial charge is 0.340 e. The minimum atomic E-state index is -4.36. The number of fused-ring (bicyclic) bond motifs is 1. The van der Waals surface area contributed by atoms with Crippen molar-refractivity contribution in [3.63, 3.8) is 0 Å². The molecule has 2 heterocycles. The number of aryl methyl sites for hydroxylation is 1. The lowest BCUT2D eigenvalue weighted by Gasteiger charge is -2.13. The first-order valence-electron chi connectivity index (χ1n) is 11.1. The van der Waals surface area contributed by atoms with Crippen LogP contribution in [0.1, 0.15) is 11.1 Å². The average Bonchev–Trinajstić information content (AvgIpc) is 3.25. The molecule has 0 saturated carbocycles. The molecule has 0 fully saturated rings. The quantitative estimate of drug-likeness (QED) is 0.267. The van der Waals surface area contributed by atoms with Gasteiger partial charge in [-0.25, -0.2) is 15.0 Å². The predicted octanol–water partition coefficient (Wildman–Crippen LogP) is 6.03. The van der Waals surface area contributed by atoms with E-state index in [2.05, 4.69) is 20.3 Å². The number of nitrogens with one attached hydrogen (secondary N) is 1. The second-order valence-electron chi connectivity index (χ2n) is 8.24. The number of nitrogens with zero attached hydrogens (tertiary/aromatic N) is 4. The van der Waals surface area contributed by atoms with E-state index in [1.54, 1.807) is 24.5 Å². The van der Waals surface area contributed by atoms with Gasteiger partial charge in [-0.3, -0.25) is 4.55 Å². The Morgan fingerprint density at radius 3 is 2.21 bits per heavy atom. The molecule has 0 aliphatic rings. The van der Waals surface area contributed by atoms with Crippen molar-refractivity contribution in [2.75, 3.05) is 5.32 Å². The third-order valence-electron chi connectivity index (χ3n) is 5.60. The molecule has 0 aliphatic heterocycles. The summed E-state index contributed by atoms with van der Waals surface area (Å²) in [5.74, 6) is 0.533. The van der Waals surface area contributed by atoms with E-state index in [9.17, 15) is 21.6 Å². The molecule has 0 amide bonds. The van der Waals surface area contributed by atoms with Crippen molar-refractivity contribution < 1.29 is 26.1 Å². The molecule has 0 saturated heterocycles. The maximum atomic E-state index is 12.7. The van der Waals surface area contributed by atoms with Crippen LogP contribution in [0.5, 0.6) is 0 Å². The molecule has 38 heavy (non-hydrogen) atoms. The highest BCUT2D eigenvalue weighted by Crippen LogP contribution is 2.32. The lowest BCUT2D eigenvalue weighted by atomic mass is 10.1. The fourth-order valence-electron chi connectivity index (χ4n) is 3.62. The fraction of sp³-hybridized carbons (Fsp3) is 0.115. The molecule has 0 radical (unpaired) electrons. The number of rotatable bonds is 4. The molecule has 196 valence electrons. The number of hydrogen-bond donors (Lipinski definition) is 2. The Kier molecular flexibility index (Phi) is 7.46. The third kappa shape index (κ3) is 6.15. The highest BCUT2D eigenvalue weighted by atomic mass is 32.2. The Labute approximate surface area is 216 Å². The summed E-state index contributed by atoms with van der Waals surface area (Å²) in [4.78, 5) is 12.9.